The second kappa shape index (κ2) is 5.89. The number of imidazole rings is 1. The zero-order valence-corrected chi connectivity index (χ0v) is 12.4. The van der Waals surface area contributed by atoms with E-state index in [4.69, 9.17) is 0 Å². The van der Waals surface area contributed by atoms with Crippen LogP contribution in [-0.2, 0) is 4.79 Å². The van der Waals surface area contributed by atoms with Gasteiger partial charge in [-0.3, -0.25) is 4.79 Å². The molecule has 1 saturated carbocycles. The van der Waals surface area contributed by atoms with E-state index in [0.29, 0.717) is 11.2 Å². The van der Waals surface area contributed by atoms with Gasteiger partial charge in [-0.2, -0.15) is 0 Å². The van der Waals surface area contributed by atoms with Crippen molar-refractivity contribution in [2.45, 2.75) is 36.2 Å². The highest BCUT2D eigenvalue weighted by Crippen LogP contribution is 2.26. The maximum absolute atomic E-state index is 12.9. The molecule has 1 heterocycles. The molecule has 1 fully saturated rings. The van der Waals surface area contributed by atoms with Crippen LogP contribution in [0.25, 0.3) is 11.3 Å². The van der Waals surface area contributed by atoms with Gasteiger partial charge in [-0.1, -0.05) is 11.8 Å². The molecule has 4 nitrogen and oxygen atoms in total. The minimum absolute atomic E-state index is 0.0437. The molecule has 1 unspecified atom stereocenters. The second-order valence-electron chi connectivity index (χ2n) is 5.15. The largest absolute Gasteiger partial charge is 0.352 e. The van der Waals surface area contributed by atoms with Gasteiger partial charge in [-0.05, 0) is 49.6 Å². The van der Waals surface area contributed by atoms with Crippen LogP contribution in [0.3, 0.4) is 0 Å². The molecule has 0 spiro atoms. The fourth-order valence-electron chi connectivity index (χ4n) is 1.91. The number of benzene rings is 1. The molecule has 1 amide bonds. The summed E-state index contributed by atoms with van der Waals surface area (Å²) in [6, 6.07) is 6.58. The average Bonchev–Trinajstić information content (AvgIpc) is 3.16. The fourth-order valence-corrected chi connectivity index (χ4v) is 2.70. The third-order valence-corrected chi connectivity index (χ3v) is 4.29. The molecule has 6 heteroatoms. The lowest BCUT2D eigenvalue weighted by atomic mass is 10.2. The first-order chi connectivity index (χ1) is 10.1. The smallest absolute Gasteiger partial charge is 0.233 e. The Morgan fingerprint density at radius 3 is 2.81 bits per heavy atom. The highest BCUT2D eigenvalue weighted by Gasteiger charge is 2.26. The molecule has 0 saturated heterocycles. The summed E-state index contributed by atoms with van der Waals surface area (Å²) in [7, 11) is 0. The summed E-state index contributed by atoms with van der Waals surface area (Å²) in [6.07, 6.45) is 3.86. The van der Waals surface area contributed by atoms with Crippen molar-refractivity contribution in [3.8, 4) is 11.3 Å². The van der Waals surface area contributed by atoms with Gasteiger partial charge in [0.15, 0.2) is 5.16 Å². The molecule has 1 aromatic heterocycles. The average molecular weight is 305 g/mol. The summed E-state index contributed by atoms with van der Waals surface area (Å²) < 4.78 is 12.9. The molecule has 2 N–H and O–H groups in total. The number of hydrogen-bond donors (Lipinski definition) is 2. The van der Waals surface area contributed by atoms with Crippen LogP contribution in [0.1, 0.15) is 19.8 Å². The number of thioether (sulfide) groups is 1. The number of carbonyl (C=O) groups excluding carboxylic acids is 1. The van der Waals surface area contributed by atoms with Gasteiger partial charge in [0.1, 0.15) is 5.82 Å². The van der Waals surface area contributed by atoms with E-state index < -0.39 is 0 Å². The molecule has 21 heavy (non-hydrogen) atoms. The number of H-pyrrole nitrogens is 1. The van der Waals surface area contributed by atoms with Crippen molar-refractivity contribution in [1.82, 2.24) is 15.3 Å². The van der Waals surface area contributed by atoms with E-state index in [1.165, 1.54) is 23.9 Å². The summed E-state index contributed by atoms with van der Waals surface area (Å²) in [5, 5.41) is 3.47. The summed E-state index contributed by atoms with van der Waals surface area (Å²) in [5.41, 5.74) is 1.68. The van der Waals surface area contributed by atoms with Crippen LogP contribution in [-0.4, -0.2) is 27.2 Å². The number of halogens is 1. The number of nitrogens with zero attached hydrogens (tertiary/aromatic N) is 1. The molecule has 1 aliphatic rings. The molecule has 2 aromatic rings. The molecule has 0 bridgehead atoms. The topological polar surface area (TPSA) is 57.8 Å². The van der Waals surface area contributed by atoms with Crippen molar-refractivity contribution < 1.29 is 9.18 Å². The summed E-state index contributed by atoms with van der Waals surface area (Å²) in [5.74, 6) is -0.222. The molecule has 0 radical (unpaired) electrons. The first-order valence-corrected chi connectivity index (χ1v) is 7.78. The maximum Gasteiger partial charge on any atom is 0.233 e. The summed E-state index contributed by atoms with van der Waals surface area (Å²) >= 11 is 1.39. The molecular weight excluding hydrogens is 289 g/mol. The van der Waals surface area contributed by atoms with Gasteiger partial charge in [0.05, 0.1) is 17.1 Å². The van der Waals surface area contributed by atoms with Crippen molar-refractivity contribution in [2.24, 2.45) is 0 Å². The van der Waals surface area contributed by atoms with Gasteiger partial charge in [-0.25, -0.2) is 9.37 Å². The number of aromatic amines is 1. The molecule has 3 rings (SSSR count). The predicted molar refractivity (Wildman–Crippen MR) is 80.5 cm³/mol. The fraction of sp³-hybridized carbons (Fsp3) is 0.333. The Morgan fingerprint density at radius 2 is 2.14 bits per heavy atom. The Labute approximate surface area is 126 Å². The second-order valence-corrected chi connectivity index (χ2v) is 6.48. The Morgan fingerprint density at radius 1 is 1.43 bits per heavy atom. The lowest BCUT2D eigenvalue weighted by molar-refractivity contribution is -0.120. The molecular formula is C15H16FN3OS. The van der Waals surface area contributed by atoms with Gasteiger partial charge in [-0.15, -0.1) is 0 Å². The zero-order chi connectivity index (χ0) is 14.8. The van der Waals surface area contributed by atoms with Crippen LogP contribution in [0.2, 0.25) is 0 Å². The predicted octanol–water partition coefficient (Wildman–Crippen LogP) is 2.98. The normalized spacial score (nSPS) is 15.7. The number of nitrogens with one attached hydrogen (secondary N) is 2. The number of aromatic nitrogens is 2. The van der Waals surface area contributed by atoms with Crippen LogP contribution in [0.5, 0.6) is 0 Å². The van der Waals surface area contributed by atoms with E-state index in [1.807, 2.05) is 6.92 Å². The maximum atomic E-state index is 12.9. The first kappa shape index (κ1) is 14.1. The summed E-state index contributed by atoms with van der Waals surface area (Å²) in [4.78, 5) is 19.3. The quantitative estimate of drug-likeness (QED) is 0.835. The van der Waals surface area contributed by atoms with Crippen LogP contribution in [0.4, 0.5) is 4.39 Å². The molecule has 1 aliphatic carbocycles. The Bertz CT molecular complexity index is 637. The SMILES string of the molecule is CC(Sc1ncc(-c2ccc(F)cc2)[nH]1)C(=O)NC1CC1. The lowest BCUT2D eigenvalue weighted by Gasteiger charge is -2.09. The highest BCUT2D eigenvalue weighted by molar-refractivity contribution is 8.00. The number of carbonyl (C=O) groups is 1. The number of hydrogen-bond acceptors (Lipinski definition) is 3. The van der Waals surface area contributed by atoms with Crippen molar-refractivity contribution in [1.29, 1.82) is 0 Å². The van der Waals surface area contributed by atoms with Crippen molar-refractivity contribution >= 4 is 17.7 Å². The van der Waals surface area contributed by atoms with Gasteiger partial charge < -0.3 is 10.3 Å². The lowest BCUT2D eigenvalue weighted by Crippen LogP contribution is -2.32. The van der Waals surface area contributed by atoms with E-state index in [9.17, 15) is 9.18 Å². The van der Waals surface area contributed by atoms with E-state index in [0.717, 1.165) is 24.1 Å². The first-order valence-electron chi connectivity index (χ1n) is 6.90. The monoisotopic (exact) mass is 305 g/mol. The van der Waals surface area contributed by atoms with Gasteiger partial charge >= 0.3 is 0 Å². The van der Waals surface area contributed by atoms with Crippen LogP contribution < -0.4 is 5.32 Å². The Hall–Kier alpha value is -1.82. The Balaban J connectivity index is 1.64. The van der Waals surface area contributed by atoms with Crippen molar-refractivity contribution in [3.63, 3.8) is 0 Å². The van der Waals surface area contributed by atoms with E-state index in [1.54, 1.807) is 18.3 Å². The van der Waals surface area contributed by atoms with Crippen LogP contribution in [0, 0.1) is 5.82 Å². The minimum Gasteiger partial charge on any atom is -0.352 e. The van der Waals surface area contributed by atoms with Crippen molar-refractivity contribution in [2.75, 3.05) is 0 Å². The van der Waals surface area contributed by atoms with E-state index in [2.05, 4.69) is 15.3 Å². The zero-order valence-electron chi connectivity index (χ0n) is 11.6. The van der Waals surface area contributed by atoms with E-state index >= 15 is 0 Å². The van der Waals surface area contributed by atoms with Gasteiger partial charge in [0, 0.05) is 6.04 Å². The van der Waals surface area contributed by atoms with Crippen molar-refractivity contribution in [3.05, 3.63) is 36.3 Å². The number of amides is 1. The van der Waals surface area contributed by atoms with Gasteiger partial charge in [0.25, 0.3) is 0 Å². The standard InChI is InChI=1S/C15H16FN3OS/c1-9(14(20)18-12-6-7-12)21-15-17-8-13(19-15)10-2-4-11(16)5-3-10/h2-5,8-9,12H,6-7H2,1H3,(H,17,19)(H,18,20). The molecule has 110 valence electrons. The summed E-state index contributed by atoms with van der Waals surface area (Å²) in [6.45, 7) is 1.86. The molecule has 0 aliphatic heterocycles. The molecule has 1 aromatic carbocycles. The minimum atomic E-state index is -0.266. The van der Waals surface area contributed by atoms with Crippen LogP contribution in [0.15, 0.2) is 35.6 Å². The van der Waals surface area contributed by atoms with Gasteiger partial charge in [0.2, 0.25) is 5.91 Å². The Kier molecular flexibility index (Phi) is 3.96. The number of rotatable bonds is 5. The third kappa shape index (κ3) is 3.64. The highest BCUT2D eigenvalue weighted by atomic mass is 32.2. The molecule has 1 atom stereocenters. The van der Waals surface area contributed by atoms with Crippen LogP contribution >= 0.6 is 11.8 Å². The third-order valence-electron chi connectivity index (χ3n) is 3.29. The van der Waals surface area contributed by atoms with E-state index in [-0.39, 0.29) is 17.0 Å².